The van der Waals surface area contributed by atoms with E-state index in [0.29, 0.717) is 17.7 Å². The van der Waals surface area contributed by atoms with Crippen molar-refractivity contribution >= 4 is 17.5 Å². The van der Waals surface area contributed by atoms with E-state index in [1.165, 1.54) is 24.4 Å². The number of azo groups is 1. The van der Waals surface area contributed by atoms with Crippen molar-refractivity contribution < 1.29 is 35.5 Å². The summed E-state index contributed by atoms with van der Waals surface area (Å²) in [5, 5.41) is 10.2. The number of ether oxygens (including phenoxy) is 1. The Labute approximate surface area is 175 Å². The number of hydrogen-bond donors (Lipinski definition) is 1. The molecule has 1 aromatic heterocycles. The van der Waals surface area contributed by atoms with Gasteiger partial charge in [-0.05, 0) is 42.0 Å². The predicted molar refractivity (Wildman–Crippen MR) is 98.1 cm³/mol. The maximum Gasteiger partial charge on any atom is 0.573 e. The summed E-state index contributed by atoms with van der Waals surface area (Å²) >= 11 is 0. The first kappa shape index (κ1) is 22.9. The van der Waals surface area contributed by atoms with Crippen molar-refractivity contribution in [3.05, 3.63) is 71.7 Å². The molecule has 3 rings (SSSR count). The number of hydrogen-bond acceptors (Lipinski definition) is 6. The average molecular weight is 459 g/mol. The molecule has 32 heavy (non-hydrogen) atoms. The van der Waals surface area contributed by atoms with Gasteiger partial charge in [-0.2, -0.15) is 23.3 Å². The largest absolute Gasteiger partial charge is 0.573 e. The highest BCUT2D eigenvalue weighted by atomic mass is 19.4. The molecule has 0 aliphatic rings. The maximum absolute atomic E-state index is 13.4. The lowest BCUT2D eigenvalue weighted by Crippen LogP contribution is -2.16. The molecule has 6 nitrogen and oxygen atoms in total. The minimum atomic E-state index is -4.86. The van der Waals surface area contributed by atoms with Crippen LogP contribution >= 0.6 is 0 Å². The highest BCUT2D eigenvalue weighted by Crippen LogP contribution is 2.33. The summed E-state index contributed by atoms with van der Waals surface area (Å²) in [7, 11) is 0. The van der Waals surface area contributed by atoms with Crippen LogP contribution in [-0.4, -0.2) is 16.3 Å². The third-order valence-electron chi connectivity index (χ3n) is 3.76. The monoisotopic (exact) mass is 459 g/mol. The molecule has 0 atom stereocenters. The van der Waals surface area contributed by atoms with Crippen molar-refractivity contribution in [1.82, 2.24) is 9.97 Å². The van der Waals surface area contributed by atoms with E-state index in [-0.39, 0.29) is 29.7 Å². The molecule has 3 aromatic rings. The van der Waals surface area contributed by atoms with E-state index in [1.54, 1.807) is 0 Å². The summed E-state index contributed by atoms with van der Waals surface area (Å²) in [6, 6.07) is 8.73. The fourth-order valence-electron chi connectivity index (χ4n) is 2.41. The Morgan fingerprint density at radius 3 is 2.31 bits per heavy atom. The first-order chi connectivity index (χ1) is 15.0. The predicted octanol–water partition coefficient (Wildman–Crippen LogP) is 6.56. The van der Waals surface area contributed by atoms with Crippen molar-refractivity contribution in [2.24, 2.45) is 10.2 Å². The number of nitrogens with zero attached hydrogens (tertiary/aromatic N) is 4. The van der Waals surface area contributed by atoms with Crippen molar-refractivity contribution in [2.45, 2.75) is 19.1 Å². The standard InChI is InChI=1S/C19H12F7N5O/c20-15-6-3-12(9-14(15)18(21,22)23)29-16-7-8-27-17(30-16)31-28-10-11-1-4-13(5-2-11)32-19(24,25)26/h1-9H,10H2,(H,27,29,30). The van der Waals surface area contributed by atoms with Crippen LogP contribution in [-0.2, 0) is 12.7 Å². The zero-order valence-corrected chi connectivity index (χ0v) is 15.7. The molecule has 0 spiro atoms. The summed E-state index contributed by atoms with van der Waals surface area (Å²) in [5.74, 6) is -1.82. The molecule has 0 unspecified atom stereocenters. The molecule has 0 bridgehead atoms. The lowest BCUT2D eigenvalue weighted by atomic mass is 10.2. The zero-order chi connectivity index (χ0) is 23.4. The zero-order valence-electron chi connectivity index (χ0n) is 15.7. The second-order valence-electron chi connectivity index (χ2n) is 6.15. The number of rotatable bonds is 6. The molecule has 0 radical (unpaired) electrons. The Morgan fingerprint density at radius 2 is 1.66 bits per heavy atom. The Balaban J connectivity index is 1.65. The number of nitrogens with one attached hydrogen (secondary N) is 1. The topological polar surface area (TPSA) is 71.8 Å². The van der Waals surface area contributed by atoms with Gasteiger partial charge < -0.3 is 10.1 Å². The highest BCUT2D eigenvalue weighted by molar-refractivity contribution is 5.57. The minimum absolute atomic E-state index is 0.000217. The molecule has 0 saturated carbocycles. The van der Waals surface area contributed by atoms with Crippen molar-refractivity contribution in [2.75, 3.05) is 5.32 Å². The second kappa shape index (κ2) is 9.16. The molecule has 0 fully saturated rings. The van der Waals surface area contributed by atoms with E-state index in [2.05, 4.69) is 30.3 Å². The first-order valence-electron chi connectivity index (χ1n) is 8.68. The van der Waals surface area contributed by atoms with E-state index in [1.807, 2.05) is 0 Å². The van der Waals surface area contributed by atoms with Crippen molar-refractivity contribution in [3.8, 4) is 5.75 Å². The van der Waals surface area contributed by atoms with Gasteiger partial charge in [0.1, 0.15) is 17.4 Å². The number of aromatic nitrogens is 2. The molecule has 1 N–H and O–H groups in total. The van der Waals surface area contributed by atoms with E-state index in [4.69, 9.17) is 0 Å². The van der Waals surface area contributed by atoms with Crippen LogP contribution in [0.5, 0.6) is 5.75 Å². The van der Waals surface area contributed by atoms with Crippen LogP contribution in [0.2, 0.25) is 0 Å². The third-order valence-corrected chi connectivity index (χ3v) is 3.76. The second-order valence-corrected chi connectivity index (χ2v) is 6.15. The normalized spacial score (nSPS) is 12.2. The Bertz CT molecular complexity index is 1100. The van der Waals surface area contributed by atoms with Crippen LogP contribution in [0.1, 0.15) is 11.1 Å². The van der Waals surface area contributed by atoms with Crippen molar-refractivity contribution in [1.29, 1.82) is 0 Å². The smallest absolute Gasteiger partial charge is 0.406 e. The molecule has 0 saturated heterocycles. The fraction of sp³-hybridized carbons (Fsp3) is 0.158. The van der Waals surface area contributed by atoms with E-state index in [9.17, 15) is 30.7 Å². The SMILES string of the molecule is Fc1ccc(Nc2ccnc(N=NCc3ccc(OC(F)(F)F)cc3)n2)cc1C(F)(F)F. The van der Waals surface area contributed by atoms with Gasteiger partial charge in [-0.1, -0.05) is 12.1 Å². The van der Waals surface area contributed by atoms with Crippen LogP contribution in [0.25, 0.3) is 0 Å². The van der Waals surface area contributed by atoms with Gasteiger partial charge in [0, 0.05) is 11.9 Å². The Morgan fingerprint density at radius 1 is 0.938 bits per heavy atom. The number of benzene rings is 2. The minimum Gasteiger partial charge on any atom is -0.406 e. The third kappa shape index (κ3) is 6.62. The highest BCUT2D eigenvalue weighted by Gasteiger charge is 2.34. The number of anilines is 2. The van der Waals surface area contributed by atoms with Gasteiger partial charge in [0.2, 0.25) is 0 Å². The van der Waals surface area contributed by atoms with E-state index >= 15 is 0 Å². The quantitative estimate of drug-likeness (QED) is 0.335. The van der Waals surface area contributed by atoms with Crippen LogP contribution in [0, 0.1) is 5.82 Å². The Hall–Kier alpha value is -3.77. The number of alkyl halides is 6. The lowest BCUT2D eigenvalue weighted by Gasteiger charge is -2.11. The van der Waals surface area contributed by atoms with Gasteiger partial charge in [-0.25, -0.2) is 9.37 Å². The van der Waals surface area contributed by atoms with Gasteiger partial charge >= 0.3 is 12.5 Å². The van der Waals surface area contributed by atoms with Gasteiger partial charge in [-0.15, -0.1) is 18.3 Å². The first-order valence-corrected chi connectivity index (χ1v) is 8.68. The van der Waals surface area contributed by atoms with Crippen LogP contribution in [0.15, 0.2) is 65.0 Å². The van der Waals surface area contributed by atoms with Gasteiger partial charge in [0.05, 0.1) is 12.1 Å². The van der Waals surface area contributed by atoms with Gasteiger partial charge in [-0.3, -0.25) is 0 Å². The van der Waals surface area contributed by atoms with E-state index < -0.39 is 23.9 Å². The Kier molecular flexibility index (Phi) is 6.55. The maximum atomic E-state index is 13.4. The average Bonchev–Trinajstić information content (AvgIpc) is 2.69. The van der Waals surface area contributed by atoms with Crippen LogP contribution in [0.4, 0.5) is 48.2 Å². The summed E-state index contributed by atoms with van der Waals surface area (Å²) in [6.45, 7) is 0.000217. The summed E-state index contributed by atoms with van der Waals surface area (Å²) in [5.41, 5.74) is -0.951. The number of halogens is 7. The summed E-state index contributed by atoms with van der Waals surface area (Å²) < 4.78 is 92.1. The molecule has 168 valence electrons. The van der Waals surface area contributed by atoms with Gasteiger partial charge in [0.25, 0.3) is 5.95 Å². The lowest BCUT2D eigenvalue weighted by molar-refractivity contribution is -0.274. The van der Waals surface area contributed by atoms with Crippen molar-refractivity contribution in [3.63, 3.8) is 0 Å². The fourth-order valence-corrected chi connectivity index (χ4v) is 2.41. The molecule has 0 aliphatic carbocycles. The van der Waals surface area contributed by atoms with Crippen LogP contribution < -0.4 is 10.1 Å². The van der Waals surface area contributed by atoms with E-state index in [0.717, 1.165) is 18.2 Å². The molecule has 0 amide bonds. The molecule has 13 heteroatoms. The molecule has 0 aliphatic heterocycles. The molecular weight excluding hydrogens is 447 g/mol. The molecule has 2 aromatic carbocycles. The summed E-state index contributed by atoms with van der Waals surface area (Å²) in [4.78, 5) is 7.81. The molecule has 1 heterocycles. The summed E-state index contributed by atoms with van der Waals surface area (Å²) in [6.07, 6.45) is -8.37. The molecular formula is C19H12F7N5O. The van der Waals surface area contributed by atoms with Gasteiger partial charge in [0.15, 0.2) is 0 Å². The van der Waals surface area contributed by atoms with Crippen LogP contribution in [0.3, 0.4) is 0 Å².